The fourth-order valence-electron chi connectivity index (χ4n) is 3.16. The summed E-state index contributed by atoms with van der Waals surface area (Å²) in [6.45, 7) is 2.04. The van der Waals surface area contributed by atoms with Gasteiger partial charge >= 0.3 is 0 Å². The van der Waals surface area contributed by atoms with Crippen molar-refractivity contribution in [3.8, 4) is 17.1 Å². The van der Waals surface area contributed by atoms with Crippen LogP contribution < -0.4 is 5.55 Å². The Bertz CT molecular complexity index is 1390. The van der Waals surface area contributed by atoms with Gasteiger partial charge in [-0.2, -0.15) is 10.1 Å². The summed E-state index contributed by atoms with van der Waals surface area (Å²) in [6, 6.07) is 25.2. The summed E-state index contributed by atoms with van der Waals surface area (Å²) in [5.41, 5.74) is 4.81. The van der Waals surface area contributed by atoms with Gasteiger partial charge in [0.2, 0.25) is 11.4 Å². The van der Waals surface area contributed by atoms with Crippen molar-refractivity contribution in [1.82, 2.24) is 14.8 Å². The number of para-hydroxylation sites is 1. The van der Waals surface area contributed by atoms with Crippen LogP contribution in [0, 0.1) is 6.92 Å². The Morgan fingerprint density at radius 2 is 1.63 bits per heavy atom. The molecule has 0 fully saturated rings. The van der Waals surface area contributed by atoms with Gasteiger partial charge in [0, 0.05) is 10.6 Å². The Kier molecular flexibility index (Phi) is 4.65. The minimum absolute atomic E-state index is 0.447. The van der Waals surface area contributed by atoms with Crippen LogP contribution in [-0.4, -0.2) is 14.8 Å². The van der Waals surface area contributed by atoms with Crippen LogP contribution in [0.3, 0.4) is 0 Å². The predicted molar refractivity (Wildman–Crippen MR) is 118 cm³/mol. The number of halogens is 1. The van der Waals surface area contributed by atoms with Crippen LogP contribution in [0.4, 0.5) is 5.69 Å². The van der Waals surface area contributed by atoms with Crippen molar-refractivity contribution in [3.05, 3.63) is 101 Å². The van der Waals surface area contributed by atoms with E-state index in [1.807, 2.05) is 85.8 Å². The average molecular weight is 413 g/mol. The molecule has 5 rings (SSSR count). The third-order valence-electron chi connectivity index (χ3n) is 4.73. The van der Waals surface area contributed by atoms with Crippen LogP contribution in [0.5, 0.6) is 0 Å². The zero-order chi connectivity index (χ0) is 20.5. The maximum atomic E-state index is 6.13. The highest BCUT2D eigenvalue weighted by Gasteiger charge is 2.14. The Hall–Kier alpha value is -3.70. The molecular formula is C24H17ClN4O. The lowest BCUT2D eigenvalue weighted by atomic mass is 10.2. The van der Waals surface area contributed by atoms with Crippen LogP contribution in [0.25, 0.3) is 28.2 Å². The summed E-state index contributed by atoms with van der Waals surface area (Å²) in [5, 5.41) is 5.93. The summed E-state index contributed by atoms with van der Waals surface area (Å²) >= 11 is 6.05. The van der Waals surface area contributed by atoms with Gasteiger partial charge in [-0.1, -0.05) is 47.5 Å². The van der Waals surface area contributed by atoms with Crippen molar-refractivity contribution in [2.45, 2.75) is 6.92 Å². The summed E-state index contributed by atoms with van der Waals surface area (Å²) in [4.78, 5) is 9.49. The van der Waals surface area contributed by atoms with Crippen molar-refractivity contribution in [2.75, 3.05) is 0 Å². The predicted octanol–water partition coefficient (Wildman–Crippen LogP) is 5.87. The summed E-state index contributed by atoms with van der Waals surface area (Å²) in [5.74, 6) is 0.447. The van der Waals surface area contributed by atoms with E-state index in [0.29, 0.717) is 22.1 Å². The van der Waals surface area contributed by atoms with Gasteiger partial charge in [0.05, 0.1) is 17.6 Å². The molecule has 0 atom stereocenters. The fraction of sp³-hybridized carbons (Fsp3) is 0.0417. The highest BCUT2D eigenvalue weighted by atomic mass is 35.5. The van der Waals surface area contributed by atoms with E-state index >= 15 is 0 Å². The second-order valence-electron chi connectivity index (χ2n) is 6.91. The zero-order valence-corrected chi connectivity index (χ0v) is 16.9. The first-order chi connectivity index (χ1) is 14.7. The van der Waals surface area contributed by atoms with Gasteiger partial charge < -0.3 is 4.42 Å². The molecule has 0 spiro atoms. The number of aryl methyl sites for hydroxylation is 1. The standard InChI is InChI=1S/C24H17ClN4O/c1-16-7-13-19(14-8-16)27-24-21-15-26-29(20-5-3-2-4-6-20)22(21)28-23(30-24)17-9-11-18(25)12-10-17/h2-15H,1H3. The topological polar surface area (TPSA) is 56.2 Å². The molecule has 0 radical (unpaired) electrons. The van der Waals surface area contributed by atoms with E-state index in [2.05, 4.69) is 5.10 Å². The second-order valence-corrected chi connectivity index (χ2v) is 7.34. The van der Waals surface area contributed by atoms with Crippen molar-refractivity contribution in [2.24, 2.45) is 4.99 Å². The van der Waals surface area contributed by atoms with Crippen LogP contribution in [0.15, 0.2) is 94.5 Å². The molecule has 0 aliphatic carbocycles. The number of hydrogen-bond donors (Lipinski definition) is 0. The summed E-state index contributed by atoms with van der Waals surface area (Å²) < 4.78 is 7.92. The largest absolute Gasteiger partial charge is 0.419 e. The van der Waals surface area contributed by atoms with Gasteiger partial charge in [-0.3, -0.25) is 0 Å². The third-order valence-corrected chi connectivity index (χ3v) is 4.98. The van der Waals surface area contributed by atoms with Gasteiger partial charge in [-0.05, 0) is 55.5 Å². The molecule has 0 unspecified atom stereocenters. The van der Waals surface area contributed by atoms with Crippen LogP contribution in [-0.2, 0) is 0 Å². The van der Waals surface area contributed by atoms with E-state index in [1.165, 1.54) is 5.56 Å². The van der Waals surface area contributed by atoms with Crippen molar-refractivity contribution in [1.29, 1.82) is 0 Å². The molecule has 0 saturated heterocycles. The van der Waals surface area contributed by atoms with E-state index in [-0.39, 0.29) is 0 Å². The van der Waals surface area contributed by atoms with Crippen molar-refractivity contribution >= 4 is 28.3 Å². The Balaban J connectivity index is 1.78. The lowest BCUT2D eigenvalue weighted by Crippen LogP contribution is -2.06. The van der Waals surface area contributed by atoms with Crippen LogP contribution >= 0.6 is 11.6 Å². The van der Waals surface area contributed by atoms with Gasteiger partial charge in [0.15, 0.2) is 5.65 Å². The zero-order valence-electron chi connectivity index (χ0n) is 16.2. The quantitative estimate of drug-likeness (QED) is 0.372. The Morgan fingerprint density at radius 3 is 2.37 bits per heavy atom. The normalized spacial score (nSPS) is 11.9. The lowest BCUT2D eigenvalue weighted by Gasteiger charge is -2.05. The molecule has 0 N–H and O–H groups in total. The number of fused-ring (bicyclic) bond motifs is 1. The Morgan fingerprint density at radius 1 is 0.900 bits per heavy atom. The summed E-state index contributed by atoms with van der Waals surface area (Å²) in [7, 11) is 0. The first kappa shape index (κ1) is 18.3. The molecule has 2 aromatic heterocycles. The third kappa shape index (κ3) is 3.51. The highest BCUT2D eigenvalue weighted by Crippen LogP contribution is 2.23. The molecule has 0 bridgehead atoms. The maximum Gasteiger partial charge on any atom is 0.234 e. The first-order valence-electron chi connectivity index (χ1n) is 9.49. The second kappa shape index (κ2) is 7.61. The molecule has 5 nitrogen and oxygen atoms in total. The van der Waals surface area contributed by atoms with E-state index in [4.69, 9.17) is 26.0 Å². The number of aromatic nitrogens is 3. The van der Waals surface area contributed by atoms with E-state index in [1.54, 1.807) is 10.9 Å². The van der Waals surface area contributed by atoms with Crippen LogP contribution in [0.2, 0.25) is 5.02 Å². The molecule has 3 aromatic carbocycles. The average Bonchev–Trinajstić information content (AvgIpc) is 3.21. The van der Waals surface area contributed by atoms with Gasteiger partial charge in [0.25, 0.3) is 0 Å². The smallest absolute Gasteiger partial charge is 0.234 e. The lowest BCUT2D eigenvalue weighted by molar-refractivity contribution is 0.504. The molecule has 2 heterocycles. The highest BCUT2D eigenvalue weighted by molar-refractivity contribution is 6.30. The molecule has 6 heteroatoms. The first-order valence-corrected chi connectivity index (χ1v) is 9.87. The van der Waals surface area contributed by atoms with E-state index in [9.17, 15) is 0 Å². The molecule has 30 heavy (non-hydrogen) atoms. The Labute approximate surface area is 177 Å². The number of nitrogens with zero attached hydrogens (tertiary/aromatic N) is 4. The number of benzene rings is 3. The molecule has 0 amide bonds. The molecule has 0 saturated carbocycles. The monoisotopic (exact) mass is 412 g/mol. The van der Waals surface area contributed by atoms with Crippen LogP contribution in [0.1, 0.15) is 5.56 Å². The fourth-order valence-corrected chi connectivity index (χ4v) is 3.29. The summed E-state index contributed by atoms with van der Waals surface area (Å²) in [6.07, 6.45) is 1.73. The van der Waals surface area contributed by atoms with E-state index in [0.717, 1.165) is 22.3 Å². The SMILES string of the molecule is Cc1ccc(N=c2oc(-c3ccc(Cl)cc3)nc3c2cnn3-c2ccccc2)cc1. The molecule has 5 aromatic rings. The molecule has 0 aliphatic rings. The molecule has 0 aliphatic heterocycles. The minimum Gasteiger partial charge on any atom is -0.419 e. The van der Waals surface area contributed by atoms with Crippen molar-refractivity contribution < 1.29 is 4.42 Å². The van der Waals surface area contributed by atoms with Gasteiger partial charge in [-0.15, -0.1) is 0 Å². The molecule has 146 valence electrons. The van der Waals surface area contributed by atoms with Crippen molar-refractivity contribution in [3.63, 3.8) is 0 Å². The van der Waals surface area contributed by atoms with Gasteiger partial charge in [0.1, 0.15) is 5.39 Å². The van der Waals surface area contributed by atoms with Gasteiger partial charge in [-0.25, -0.2) is 9.67 Å². The maximum absolute atomic E-state index is 6.13. The minimum atomic E-state index is 0.447. The number of rotatable bonds is 3. The number of hydrogen-bond acceptors (Lipinski definition) is 4. The molecular weight excluding hydrogens is 396 g/mol. The van der Waals surface area contributed by atoms with E-state index < -0.39 is 0 Å².